The standard InChI is InChI=1S/C22H21ClFN3O3/c23-18-12-14(1-3-19(18)24)11-17-16-13-15(2-4-20(16)26-22(17)29)25-21(28)5-6-27-7-9-30-10-8-27/h1-4,11-13H,5-10H2,(H,25,28)(H,26,29)/b17-11+. The van der Waals surface area contributed by atoms with E-state index in [0.29, 0.717) is 54.3 Å². The highest BCUT2D eigenvalue weighted by Crippen LogP contribution is 2.35. The van der Waals surface area contributed by atoms with Crippen LogP contribution < -0.4 is 10.6 Å². The van der Waals surface area contributed by atoms with Crippen LogP contribution in [0.25, 0.3) is 11.6 Å². The number of rotatable bonds is 5. The fourth-order valence-corrected chi connectivity index (χ4v) is 3.67. The zero-order valence-electron chi connectivity index (χ0n) is 16.2. The summed E-state index contributed by atoms with van der Waals surface area (Å²) in [4.78, 5) is 27.0. The highest BCUT2D eigenvalue weighted by atomic mass is 35.5. The molecule has 2 aliphatic rings. The quantitative estimate of drug-likeness (QED) is 0.712. The topological polar surface area (TPSA) is 70.7 Å². The lowest BCUT2D eigenvalue weighted by Gasteiger charge is -2.26. The molecular formula is C22H21ClFN3O3. The molecule has 1 saturated heterocycles. The molecule has 8 heteroatoms. The van der Waals surface area contributed by atoms with Gasteiger partial charge in [0.25, 0.3) is 5.91 Å². The van der Waals surface area contributed by atoms with Gasteiger partial charge in [-0.15, -0.1) is 0 Å². The Balaban J connectivity index is 1.48. The van der Waals surface area contributed by atoms with Crippen LogP contribution in [0, 0.1) is 5.82 Å². The molecule has 0 radical (unpaired) electrons. The Bertz CT molecular complexity index is 1020. The molecule has 1 fully saturated rings. The number of ether oxygens (including phenoxy) is 1. The molecule has 0 atom stereocenters. The van der Waals surface area contributed by atoms with Crippen LogP contribution in [0.15, 0.2) is 36.4 Å². The molecule has 2 aromatic rings. The number of hydrogen-bond donors (Lipinski definition) is 2. The summed E-state index contributed by atoms with van der Waals surface area (Å²) in [6, 6.07) is 9.54. The molecule has 2 aliphatic heterocycles. The Hall–Kier alpha value is -2.74. The van der Waals surface area contributed by atoms with E-state index < -0.39 is 5.82 Å². The van der Waals surface area contributed by atoms with Crippen molar-refractivity contribution in [2.45, 2.75) is 6.42 Å². The Morgan fingerprint density at radius 3 is 2.80 bits per heavy atom. The predicted octanol–water partition coefficient (Wildman–Crippen LogP) is 3.63. The van der Waals surface area contributed by atoms with Crippen molar-refractivity contribution in [1.29, 1.82) is 0 Å². The summed E-state index contributed by atoms with van der Waals surface area (Å²) in [6.45, 7) is 3.74. The van der Waals surface area contributed by atoms with Crippen molar-refractivity contribution in [3.05, 3.63) is 58.4 Å². The van der Waals surface area contributed by atoms with Crippen LogP contribution in [-0.4, -0.2) is 49.6 Å². The second kappa shape index (κ2) is 8.95. The van der Waals surface area contributed by atoms with Gasteiger partial charge >= 0.3 is 0 Å². The number of benzene rings is 2. The molecule has 0 aromatic heterocycles. The first kappa shape index (κ1) is 20.5. The van der Waals surface area contributed by atoms with E-state index in [-0.39, 0.29) is 16.8 Å². The summed E-state index contributed by atoms with van der Waals surface area (Å²) in [5.41, 5.74) is 2.98. The smallest absolute Gasteiger partial charge is 0.256 e. The van der Waals surface area contributed by atoms with Crippen LogP contribution in [0.4, 0.5) is 15.8 Å². The van der Waals surface area contributed by atoms with E-state index in [9.17, 15) is 14.0 Å². The maximum atomic E-state index is 13.4. The first-order valence-electron chi connectivity index (χ1n) is 9.72. The van der Waals surface area contributed by atoms with E-state index in [1.807, 2.05) is 0 Å². The van der Waals surface area contributed by atoms with Crippen molar-refractivity contribution in [3.63, 3.8) is 0 Å². The number of morpholine rings is 1. The van der Waals surface area contributed by atoms with Crippen LogP contribution in [0.5, 0.6) is 0 Å². The second-order valence-corrected chi connectivity index (χ2v) is 7.61. The molecule has 2 amide bonds. The Kier molecular flexibility index (Phi) is 6.13. The molecule has 6 nitrogen and oxygen atoms in total. The molecule has 0 saturated carbocycles. The molecule has 0 aliphatic carbocycles. The maximum Gasteiger partial charge on any atom is 0.256 e. The van der Waals surface area contributed by atoms with Crippen molar-refractivity contribution in [1.82, 2.24) is 4.90 Å². The molecule has 2 aromatic carbocycles. The number of carbonyl (C=O) groups excluding carboxylic acids is 2. The molecule has 4 rings (SSSR count). The van der Waals surface area contributed by atoms with E-state index in [1.165, 1.54) is 12.1 Å². The number of fused-ring (bicyclic) bond motifs is 1. The average Bonchev–Trinajstić information content (AvgIpc) is 3.05. The van der Waals surface area contributed by atoms with Gasteiger partial charge in [-0.1, -0.05) is 17.7 Å². The number of nitrogens with zero attached hydrogens (tertiary/aromatic N) is 1. The van der Waals surface area contributed by atoms with Gasteiger partial charge in [0.15, 0.2) is 0 Å². The molecule has 0 bridgehead atoms. The molecule has 2 heterocycles. The van der Waals surface area contributed by atoms with Crippen LogP contribution in [0.2, 0.25) is 5.02 Å². The molecule has 0 unspecified atom stereocenters. The summed E-state index contributed by atoms with van der Waals surface area (Å²) < 4.78 is 18.7. The third kappa shape index (κ3) is 4.70. The van der Waals surface area contributed by atoms with E-state index in [2.05, 4.69) is 15.5 Å². The fraction of sp³-hybridized carbons (Fsp3) is 0.273. The Morgan fingerprint density at radius 2 is 2.03 bits per heavy atom. The van der Waals surface area contributed by atoms with Crippen molar-refractivity contribution < 1.29 is 18.7 Å². The van der Waals surface area contributed by atoms with Crippen molar-refractivity contribution in [2.24, 2.45) is 0 Å². The van der Waals surface area contributed by atoms with Gasteiger partial charge in [-0.05, 0) is 42.0 Å². The lowest BCUT2D eigenvalue weighted by molar-refractivity contribution is -0.116. The molecule has 30 heavy (non-hydrogen) atoms. The third-order valence-corrected chi connectivity index (χ3v) is 5.39. The summed E-state index contributed by atoms with van der Waals surface area (Å²) in [7, 11) is 0. The van der Waals surface area contributed by atoms with Crippen LogP contribution in [0.3, 0.4) is 0 Å². The lowest BCUT2D eigenvalue weighted by Crippen LogP contribution is -2.38. The Labute approximate surface area is 178 Å². The van der Waals surface area contributed by atoms with Gasteiger partial charge in [0.05, 0.1) is 18.2 Å². The van der Waals surface area contributed by atoms with E-state index in [4.69, 9.17) is 16.3 Å². The van der Waals surface area contributed by atoms with Gasteiger partial charge in [0.2, 0.25) is 5.91 Å². The maximum absolute atomic E-state index is 13.4. The number of amides is 2. The number of nitrogens with one attached hydrogen (secondary N) is 2. The molecule has 2 N–H and O–H groups in total. The van der Waals surface area contributed by atoms with Gasteiger partial charge in [-0.25, -0.2) is 4.39 Å². The largest absolute Gasteiger partial charge is 0.379 e. The van der Waals surface area contributed by atoms with E-state index in [1.54, 1.807) is 30.3 Å². The van der Waals surface area contributed by atoms with E-state index >= 15 is 0 Å². The normalized spacial score (nSPS) is 17.7. The monoisotopic (exact) mass is 429 g/mol. The van der Waals surface area contributed by atoms with E-state index in [0.717, 1.165) is 13.1 Å². The van der Waals surface area contributed by atoms with Crippen LogP contribution in [0.1, 0.15) is 17.5 Å². The zero-order chi connectivity index (χ0) is 21.1. The Morgan fingerprint density at radius 1 is 1.23 bits per heavy atom. The number of anilines is 2. The van der Waals surface area contributed by atoms with Gasteiger partial charge in [-0.3, -0.25) is 14.5 Å². The zero-order valence-corrected chi connectivity index (χ0v) is 17.0. The van der Waals surface area contributed by atoms with Crippen LogP contribution >= 0.6 is 11.6 Å². The summed E-state index contributed by atoms with van der Waals surface area (Å²) in [5.74, 6) is -0.868. The highest BCUT2D eigenvalue weighted by Gasteiger charge is 2.24. The molecular weight excluding hydrogens is 409 g/mol. The number of halogens is 2. The van der Waals surface area contributed by atoms with Crippen LogP contribution in [-0.2, 0) is 14.3 Å². The van der Waals surface area contributed by atoms with Crippen molar-refractivity contribution in [3.8, 4) is 0 Å². The van der Waals surface area contributed by atoms with Gasteiger partial charge in [-0.2, -0.15) is 0 Å². The highest BCUT2D eigenvalue weighted by molar-refractivity contribution is 6.35. The first-order chi connectivity index (χ1) is 14.5. The summed E-state index contributed by atoms with van der Waals surface area (Å²) in [5, 5.41) is 5.68. The minimum Gasteiger partial charge on any atom is -0.379 e. The first-order valence-corrected chi connectivity index (χ1v) is 10.1. The predicted molar refractivity (Wildman–Crippen MR) is 115 cm³/mol. The molecule has 0 spiro atoms. The second-order valence-electron chi connectivity index (χ2n) is 7.20. The van der Waals surface area contributed by atoms with Crippen molar-refractivity contribution >= 4 is 46.4 Å². The minimum absolute atomic E-state index is 0.00994. The summed E-state index contributed by atoms with van der Waals surface area (Å²) >= 11 is 5.84. The number of carbonyl (C=O) groups is 2. The van der Waals surface area contributed by atoms with Gasteiger partial charge in [0, 0.05) is 48.6 Å². The van der Waals surface area contributed by atoms with Gasteiger partial charge < -0.3 is 15.4 Å². The number of hydrogen-bond acceptors (Lipinski definition) is 4. The summed E-state index contributed by atoms with van der Waals surface area (Å²) in [6.07, 6.45) is 2.03. The SMILES string of the molecule is O=C(CCN1CCOCC1)Nc1ccc2c(c1)/C(=C\c1ccc(F)c(Cl)c1)C(=O)N2. The third-order valence-electron chi connectivity index (χ3n) is 5.10. The van der Waals surface area contributed by atoms with Crippen molar-refractivity contribution in [2.75, 3.05) is 43.5 Å². The molecule has 156 valence electrons. The van der Waals surface area contributed by atoms with Gasteiger partial charge in [0.1, 0.15) is 5.82 Å². The fourth-order valence-electron chi connectivity index (χ4n) is 3.49. The lowest BCUT2D eigenvalue weighted by atomic mass is 10.0. The average molecular weight is 430 g/mol. The minimum atomic E-state index is -0.517.